The zero-order chi connectivity index (χ0) is 26.7. The molecule has 214 valence electrons. The Labute approximate surface area is 211 Å². The first-order valence-corrected chi connectivity index (χ1v) is 12.7. The van der Waals surface area contributed by atoms with Gasteiger partial charge in [-0.05, 0) is 39.0 Å². The maximum absolute atomic E-state index is 10.6. The number of aliphatic hydroxyl groups is 8. The van der Waals surface area contributed by atoms with Crippen molar-refractivity contribution in [1.29, 1.82) is 0 Å². The monoisotopic (exact) mass is 526 g/mol. The Morgan fingerprint density at radius 1 is 0.889 bits per heavy atom. The lowest BCUT2D eigenvalue weighted by molar-refractivity contribution is -0.327. The van der Waals surface area contributed by atoms with Crippen LogP contribution in [0.15, 0.2) is 0 Å². The Morgan fingerprint density at radius 3 is 2.06 bits per heavy atom. The van der Waals surface area contributed by atoms with E-state index in [0.717, 1.165) is 52.1 Å². The fraction of sp³-hybridized carbons (Fsp3) is 1.00. The van der Waals surface area contributed by atoms with Crippen LogP contribution in [0.25, 0.3) is 0 Å². The molecule has 36 heavy (non-hydrogen) atoms. The van der Waals surface area contributed by atoms with E-state index in [1.165, 1.54) is 0 Å². The molecule has 14 heteroatoms. The fourth-order valence-electron chi connectivity index (χ4n) is 4.41. The van der Waals surface area contributed by atoms with E-state index in [1.807, 2.05) is 0 Å². The highest BCUT2D eigenvalue weighted by Crippen LogP contribution is 2.25. The maximum Gasteiger partial charge on any atom is 0.187 e. The molecule has 2 heterocycles. The minimum absolute atomic E-state index is 0.0271. The Bertz CT molecular complexity index is 587. The van der Waals surface area contributed by atoms with Crippen LogP contribution in [0, 0.1) is 0 Å². The first-order chi connectivity index (χ1) is 17.2. The number of nitrogens with two attached hydrogens (primary N) is 1. The molecule has 14 nitrogen and oxygen atoms in total. The van der Waals surface area contributed by atoms with Gasteiger partial charge in [-0.15, -0.1) is 0 Å². The summed E-state index contributed by atoms with van der Waals surface area (Å²) in [4.78, 5) is 4.77. The number of rotatable bonds is 16. The average Bonchev–Trinajstić information content (AvgIpc) is 2.89. The molecule has 0 amide bonds. The lowest BCUT2D eigenvalue weighted by Gasteiger charge is -2.42. The zero-order valence-electron chi connectivity index (χ0n) is 20.8. The van der Waals surface area contributed by atoms with Gasteiger partial charge < -0.3 is 71.2 Å². The van der Waals surface area contributed by atoms with Gasteiger partial charge in [0.05, 0.1) is 19.3 Å². The second-order valence-electron chi connectivity index (χ2n) is 9.49. The molecule has 0 saturated carbocycles. The number of nitrogens with one attached hydrogen (secondary N) is 1. The summed E-state index contributed by atoms with van der Waals surface area (Å²) < 4.78 is 10.6. The van der Waals surface area contributed by atoms with Gasteiger partial charge in [0, 0.05) is 32.7 Å². The third-order valence-electron chi connectivity index (χ3n) is 6.76. The molecule has 0 aromatic heterocycles. The van der Waals surface area contributed by atoms with Crippen molar-refractivity contribution >= 4 is 0 Å². The van der Waals surface area contributed by atoms with Crippen molar-refractivity contribution in [2.45, 2.75) is 68.0 Å². The Hall–Kier alpha value is -0.560. The van der Waals surface area contributed by atoms with Gasteiger partial charge in [-0.1, -0.05) is 0 Å². The molecular weight excluding hydrogens is 480 g/mol. The number of piperazine rings is 1. The molecule has 0 aliphatic carbocycles. The molecule has 0 aromatic carbocycles. The molecule has 11 N–H and O–H groups in total. The van der Waals surface area contributed by atoms with E-state index in [4.69, 9.17) is 15.2 Å². The zero-order valence-corrected chi connectivity index (χ0v) is 20.8. The molecule has 2 aliphatic heterocycles. The first kappa shape index (κ1) is 31.7. The van der Waals surface area contributed by atoms with Gasteiger partial charge in [0.15, 0.2) is 6.29 Å². The highest BCUT2D eigenvalue weighted by molar-refractivity contribution is 4.91. The molecule has 0 spiro atoms. The van der Waals surface area contributed by atoms with Crippen LogP contribution in [0.1, 0.15) is 12.8 Å². The van der Waals surface area contributed by atoms with Gasteiger partial charge in [-0.2, -0.15) is 0 Å². The van der Waals surface area contributed by atoms with Crippen molar-refractivity contribution in [3.8, 4) is 0 Å². The molecule has 0 radical (unpaired) electrons. The summed E-state index contributed by atoms with van der Waals surface area (Å²) >= 11 is 0. The lowest BCUT2D eigenvalue weighted by Crippen LogP contribution is -2.61. The quantitative estimate of drug-likeness (QED) is 0.0846. The minimum atomic E-state index is -1.76. The summed E-state index contributed by atoms with van der Waals surface area (Å²) in [6.45, 7) is 5.67. The van der Waals surface area contributed by atoms with Crippen LogP contribution in [0.3, 0.4) is 0 Å². The molecule has 2 rings (SSSR count). The fourth-order valence-corrected chi connectivity index (χ4v) is 4.41. The van der Waals surface area contributed by atoms with Crippen LogP contribution < -0.4 is 11.1 Å². The summed E-state index contributed by atoms with van der Waals surface area (Å²) in [6, 6.07) is 0. The van der Waals surface area contributed by atoms with E-state index in [0.29, 0.717) is 13.1 Å². The van der Waals surface area contributed by atoms with Crippen LogP contribution in [-0.4, -0.2) is 178 Å². The van der Waals surface area contributed by atoms with Gasteiger partial charge in [0.25, 0.3) is 0 Å². The van der Waals surface area contributed by atoms with Crippen molar-refractivity contribution in [1.82, 2.24) is 15.1 Å². The van der Waals surface area contributed by atoms with Crippen molar-refractivity contribution in [2.24, 2.45) is 5.73 Å². The third kappa shape index (κ3) is 9.32. The van der Waals surface area contributed by atoms with E-state index in [9.17, 15) is 40.9 Å². The smallest absolute Gasteiger partial charge is 0.187 e. The first-order valence-electron chi connectivity index (χ1n) is 12.7. The molecule has 2 aliphatic rings. The largest absolute Gasteiger partial charge is 0.394 e. The van der Waals surface area contributed by atoms with E-state index in [-0.39, 0.29) is 6.54 Å². The van der Waals surface area contributed by atoms with Crippen molar-refractivity contribution in [3.63, 3.8) is 0 Å². The maximum atomic E-state index is 10.6. The molecule has 0 aromatic rings. The molecular formula is C22H46N4O10. The summed E-state index contributed by atoms with van der Waals surface area (Å²) in [6.07, 6.45) is -12.5. The number of nitrogens with zero attached hydrogens (tertiary/aromatic N) is 2. The Morgan fingerprint density at radius 2 is 1.50 bits per heavy atom. The van der Waals surface area contributed by atoms with Gasteiger partial charge in [-0.25, -0.2) is 0 Å². The topological polar surface area (TPSA) is 225 Å². The molecule has 9 atom stereocenters. The second-order valence-corrected chi connectivity index (χ2v) is 9.49. The summed E-state index contributed by atoms with van der Waals surface area (Å²) in [5, 5.41) is 82.8. The van der Waals surface area contributed by atoms with Crippen molar-refractivity contribution < 1.29 is 50.3 Å². The Kier molecular flexibility index (Phi) is 14.4. The summed E-state index contributed by atoms with van der Waals surface area (Å²) in [5.41, 5.74) is 5.56. The predicted octanol–water partition coefficient (Wildman–Crippen LogP) is -5.81. The van der Waals surface area contributed by atoms with Gasteiger partial charge in [0.1, 0.15) is 42.7 Å². The van der Waals surface area contributed by atoms with Gasteiger partial charge in [0.2, 0.25) is 0 Å². The third-order valence-corrected chi connectivity index (χ3v) is 6.76. The van der Waals surface area contributed by atoms with Gasteiger partial charge in [-0.3, -0.25) is 0 Å². The number of aliphatic hydroxyl groups excluding tert-OH is 8. The average molecular weight is 527 g/mol. The second kappa shape index (κ2) is 16.4. The number of hydrogen-bond donors (Lipinski definition) is 10. The predicted molar refractivity (Wildman–Crippen MR) is 128 cm³/mol. The number of ether oxygens (including phenoxy) is 2. The summed E-state index contributed by atoms with van der Waals surface area (Å²) in [7, 11) is 0. The number of hydrogen-bond acceptors (Lipinski definition) is 14. The molecule has 2 fully saturated rings. The van der Waals surface area contributed by atoms with Crippen LogP contribution in [0.4, 0.5) is 0 Å². The molecule has 0 bridgehead atoms. The van der Waals surface area contributed by atoms with Crippen LogP contribution >= 0.6 is 0 Å². The molecule has 2 saturated heterocycles. The van der Waals surface area contributed by atoms with Crippen LogP contribution in [-0.2, 0) is 9.47 Å². The highest BCUT2D eigenvalue weighted by atomic mass is 16.7. The summed E-state index contributed by atoms with van der Waals surface area (Å²) in [5.74, 6) is 0. The van der Waals surface area contributed by atoms with E-state index in [1.54, 1.807) is 0 Å². The highest BCUT2D eigenvalue weighted by Gasteiger charge is 2.46. The van der Waals surface area contributed by atoms with Crippen LogP contribution in [0.2, 0.25) is 0 Å². The van der Waals surface area contributed by atoms with E-state index >= 15 is 0 Å². The lowest BCUT2D eigenvalue weighted by atomic mass is 9.98. The van der Waals surface area contributed by atoms with Crippen molar-refractivity contribution in [3.05, 3.63) is 0 Å². The molecule has 5 unspecified atom stereocenters. The minimum Gasteiger partial charge on any atom is -0.394 e. The standard InChI is InChI=1S/C22H46N4O10/c23-3-1-5-25-7-9-26(10-8-25)6-2-4-24-11-14(29)17(31)21(15(30)12-27)36-22-20(34)19(33)18(32)16(13-28)35-22/h14-22,24,27-34H,1-13,23H2/t14?,15?,16-,17?,18+,19+,20-,21?,22?/m1/s1. The van der Waals surface area contributed by atoms with Crippen molar-refractivity contribution in [2.75, 3.05) is 72.1 Å². The Balaban J connectivity index is 1.76. The SMILES string of the molecule is NCCCN1CCN(CCCNCC(O)C(O)C(OC2O[C@H](CO)[C@H](O)[C@H](O)[C@H]2O)C(O)CO)CC1. The van der Waals surface area contributed by atoms with E-state index in [2.05, 4.69) is 15.1 Å². The van der Waals surface area contributed by atoms with Crippen LogP contribution in [0.5, 0.6) is 0 Å². The van der Waals surface area contributed by atoms with E-state index < -0.39 is 68.3 Å². The van der Waals surface area contributed by atoms with Gasteiger partial charge >= 0.3 is 0 Å². The normalized spacial score (nSPS) is 31.8.